The van der Waals surface area contributed by atoms with Crippen molar-refractivity contribution in [2.45, 2.75) is 39.0 Å². The first-order valence-electron chi connectivity index (χ1n) is 6.15. The molecule has 1 heteroatoms. The normalized spacial score (nSPS) is 17.7. The van der Waals surface area contributed by atoms with E-state index in [1.807, 2.05) is 0 Å². The Morgan fingerprint density at radius 1 is 1.20 bits per heavy atom. The number of hydrogen-bond acceptors (Lipinski definition) is 1. The van der Waals surface area contributed by atoms with Gasteiger partial charge in [0.15, 0.2) is 0 Å². The van der Waals surface area contributed by atoms with Gasteiger partial charge in [0.2, 0.25) is 0 Å². The van der Waals surface area contributed by atoms with Crippen LogP contribution in [-0.4, -0.2) is 6.54 Å². The summed E-state index contributed by atoms with van der Waals surface area (Å²) in [7, 11) is 0. The predicted octanol–water partition coefficient (Wildman–Crippen LogP) is 3.99. The van der Waals surface area contributed by atoms with Crippen LogP contribution in [0.3, 0.4) is 0 Å². The van der Waals surface area contributed by atoms with Gasteiger partial charge in [-0.1, -0.05) is 31.4 Å². The third-order valence-electron chi connectivity index (χ3n) is 3.34. The Labute approximate surface area is 92.9 Å². The topological polar surface area (TPSA) is 12.0 Å². The molecule has 1 aliphatic rings. The van der Waals surface area contributed by atoms with E-state index in [1.165, 1.54) is 43.4 Å². The first-order chi connectivity index (χ1) is 7.34. The lowest BCUT2D eigenvalue weighted by Crippen LogP contribution is -2.17. The van der Waals surface area contributed by atoms with Gasteiger partial charge in [-0.05, 0) is 43.4 Å². The molecule has 1 nitrogen and oxygen atoms in total. The summed E-state index contributed by atoms with van der Waals surface area (Å²) in [5.41, 5.74) is 2.62. The second-order valence-corrected chi connectivity index (χ2v) is 4.75. The molecule has 0 aromatic heterocycles. The first kappa shape index (κ1) is 10.5. The van der Waals surface area contributed by atoms with Crippen molar-refractivity contribution in [3.05, 3.63) is 29.8 Å². The maximum Gasteiger partial charge on any atom is 0.0342 e. The minimum atomic E-state index is 0.902. The molecule has 1 aliphatic carbocycles. The Hall–Kier alpha value is -0.980. The summed E-state index contributed by atoms with van der Waals surface area (Å²) in [5, 5.41) is 3.56. The van der Waals surface area contributed by atoms with Crippen molar-refractivity contribution in [3.8, 4) is 0 Å². The first-order valence-corrected chi connectivity index (χ1v) is 6.15. The molecule has 0 spiro atoms. The number of aryl methyl sites for hydroxylation is 1. The maximum absolute atomic E-state index is 3.56. The van der Waals surface area contributed by atoms with Crippen molar-refractivity contribution in [2.24, 2.45) is 5.92 Å². The van der Waals surface area contributed by atoms with Crippen molar-refractivity contribution < 1.29 is 0 Å². The van der Waals surface area contributed by atoms with Gasteiger partial charge in [0.05, 0.1) is 0 Å². The van der Waals surface area contributed by atoms with Crippen LogP contribution in [0.5, 0.6) is 0 Å². The second kappa shape index (κ2) is 5.20. The number of anilines is 1. The van der Waals surface area contributed by atoms with Gasteiger partial charge >= 0.3 is 0 Å². The third-order valence-corrected chi connectivity index (χ3v) is 3.34. The molecule has 2 rings (SSSR count). The van der Waals surface area contributed by atoms with Crippen LogP contribution in [0.25, 0.3) is 0 Å². The highest BCUT2D eigenvalue weighted by atomic mass is 14.9. The van der Waals surface area contributed by atoms with Crippen molar-refractivity contribution >= 4 is 5.69 Å². The molecular weight excluding hydrogens is 182 g/mol. The molecule has 1 aromatic rings. The molecule has 0 aliphatic heterocycles. The average molecular weight is 203 g/mol. The summed E-state index contributed by atoms with van der Waals surface area (Å²) in [6, 6.07) is 8.66. The lowest BCUT2D eigenvalue weighted by atomic mass is 9.89. The zero-order valence-corrected chi connectivity index (χ0v) is 9.63. The standard InChI is InChI=1S/C14H21N/c1-12-6-5-9-14(10-12)15-11-13-7-3-2-4-8-13/h5-6,9-10,13,15H,2-4,7-8,11H2,1H3. The van der Waals surface area contributed by atoms with Crippen molar-refractivity contribution in [3.63, 3.8) is 0 Å². The molecule has 82 valence electrons. The van der Waals surface area contributed by atoms with Crippen LogP contribution in [0, 0.1) is 12.8 Å². The van der Waals surface area contributed by atoms with Gasteiger partial charge < -0.3 is 5.32 Å². The Morgan fingerprint density at radius 2 is 2.00 bits per heavy atom. The van der Waals surface area contributed by atoms with Crippen LogP contribution in [0.4, 0.5) is 5.69 Å². The van der Waals surface area contributed by atoms with E-state index >= 15 is 0 Å². The number of rotatable bonds is 3. The van der Waals surface area contributed by atoms with Crippen LogP contribution in [0.15, 0.2) is 24.3 Å². The van der Waals surface area contributed by atoms with Gasteiger partial charge in [-0.15, -0.1) is 0 Å². The second-order valence-electron chi connectivity index (χ2n) is 4.75. The number of hydrogen-bond donors (Lipinski definition) is 1. The van der Waals surface area contributed by atoms with Crippen molar-refractivity contribution in [2.75, 3.05) is 11.9 Å². The minimum absolute atomic E-state index is 0.902. The van der Waals surface area contributed by atoms with Crippen LogP contribution >= 0.6 is 0 Å². The van der Waals surface area contributed by atoms with Gasteiger partial charge in [0, 0.05) is 12.2 Å². The third kappa shape index (κ3) is 3.26. The van der Waals surface area contributed by atoms with E-state index in [2.05, 4.69) is 36.5 Å². The highest BCUT2D eigenvalue weighted by Gasteiger charge is 2.12. The molecule has 15 heavy (non-hydrogen) atoms. The van der Waals surface area contributed by atoms with Gasteiger partial charge in [-0.3, -0.25) is 0 Å². The summed E-state index contributed by atoms with van der Waals surface area (Å²) in [4.78, 5) is 0. The molecule has 0 radical (unpaired) electrons. The van der Waals surface area contributed by atoms with E-state index in [1.54, 1.807) is 0 Å². The van der Waals surface area contributed by atoms with E-state index in [0.717, 1.165) is 12.5 Å². The van der Waals surface area contributed by atoms with E-state index in [0.29, 0.717) is 0 Å². The zero-order chi connectivity index (χ0) is 10.5. The molecule has 0 saturated heterocycles. The van der Waals surface area contributed by atoms with E-state index in [-0.39, 0.29) is 0 Å². The van der Waals surface area contributed by atoms with Gasteiger partial charge in [-0.25, -0.2) is 0 Å². The van der Waals surface area contributed by atoms with E-state index in [4.69, 9.17) is 0 Å². The predicted molar refractivity (Wildman–Crippen MR) is 66.2 cm³/mol. The summed E-state index contributed by atoms with van der Waals surface area (Å²) in [6.45, 7) is 3.30. The van der Waals surface area contributed by atoms with Gasteiger partial charge in [0.1, 0.15) is 0 Å². The smallest absolute Gasteiger partial charge is 0.0342 e. The van der Waals surface area contributed by atoms with Gasteiger partial charge in [-0.2, -0.15) is 0 Å². The van der Waals surface area contributed by atoms with Crippen LogP contribution in [0.2, 0.25) is 0 Å². The SMILES string of the molecule is Cc1cccc(NCC2CCCCC2)c1. The molecule has 1 fully saturated rings. The maximum atomic E-state index is 3.56. The fourth-order valence-corrected chi connectivity index (χ4v) is 2.41. The fraction of sp³-hybridized carbons (Fsp3) is 0.571. The van der Waals surface area contributed by atoms with Crippen LogP contribution in [-0.2, 0) is 0 Å². The fourth-order valence-electron chi connectivity index (χ4n) is 2.41. The van der Waals surface area contributed by atoms with Crippen LogP contribution < -0.4 is 5.32 Å². The lowest BCUT2D eigenvalue weighted by molar-refractivity contribution is 0.373. The molecule has 0 atom stereocenters. The van der Waals surface area contributed by atoms with E-state index in [9.17, 15) is 0 Å². The summed E-state index contributed by atoms with van der Waals surface area (Å²) in [5.74, 6) is 0.902. The minimum Gasteiger partial charge on any atom is -0.385 e. The summed E-state index contributed by atoms with van der Waals surface area (Å²) < 4.78 is 0. The zero-order valence-electron chi connectivity index (χ0n) is 9.63. The lowest BCUT2D eigenvalue weighted by Gasteiger charge is -2.22. The monoisotopic (exact) mass is 203 g/mol. The van der Waals surface area contributed by atoms with Crippen molar-refractivity contribution in [1.29, 1.82) is 0 Å². The molecule has 0 bridgehead atoms. The molecule has 0 unspecified atom stereocenters. The Balaban J connectivity index is 1.81. The Bertz CT molecular complexity index is 300. The quantitative estimate of drug-likeness (QED) is 0.783. The van der Waals surface area contributed by atoms with E-state index < -0.39 is 0 Å². The Kier molecular flexibility index (Phi) is 3.65. The summed E-state index contributed by atoms with van der Waals surface area (Å²) >= 11 is 0. The van der Waals surface area contributed by atoms with Crippen LogP contribution in [0.1, 0.15) is 37.7 Å². The number of benzene rings is 1. The molecule has 1 saturated carbocycles. The molecule has 0 heterocycles. The molecular formula is C14H21N. The Morgan fingerprint density at radius 3 is 2.73 bits per heavy atom. The number of nitrogens with one attached hydrogen (secondary N) is 1. The van der Waals surface area contributed by atoms with Crippen molar-refractivity contribution in [1.82, 2.24) is 0 Å². The van der Waals surface area contributed by atoms with Gasteiger partial charge in [0.25, 0.3) is 0 Å². The molecule has 1 N–H and O–H groups in total. The highest BCUT2D eigenvalue weighted by Crippen LogP contribution is 2.24. The molecule has 0 amide bonds. The highest BCUT2D eigenvalue weighted by molar-refractivity contribution is 5.45. The average Bonchev–Trinajstić information content (AvgIpc) is 2.28. The molecule has 1 aromatic carbocycles. The summed E-state index contributed by atoms with van der Waals surface area (Å²) in [6.07, 6.45) is 7.14. The largest absolute Gasteiger partial charge is 0.385 e.